The van der Waals surface area contributed by atoms with E-state index >= 15 is 0 Å². The van der Waals surface area contributed by atoms with Crippen LogP contribution in [0.3, 0.4) is 0 Å². The van der Waals surface area contributed by atoms with E-state index in [2.05, 4.69) is 38.7 Å². The molecule has 1 aromatic carbocycles. The third kappa shape index (κ3) is 3.43. The molecule has 0 unspecified atom stereocenters. The van der Waals surface area contributed by atoms with Crippen LogP contribution in [0.15, 0.2) is 42.2 Å². The van der Waals surface area contributed by atoms with Crippen molar-refractivity contribution in [2.45, 2.75) is 58.3 Å². The van der Waals surface area contributed by atoms with E-state index < -0.39 is 0 Å². The van der Waals surface area contributed by atoms with Crippen LogP contribution in [0, 0.1) is 5.92 Å². The van der Waals surface area contributed by atoms with Gasteiger partial charge in [0.2, 0.25) is 0 Å². The largest absolute Gasteiger partial charge is 0.507 e. The van der Waals surface area contributed by atoms with Crippen LogP contribution in [0.5, 0.6) is 11.5 Å². The summed E-state index contributed by atoms with van der Waals surface area (Å²) in [4.78, 5) is 0. The molecule has 2 nitrogen and oxygen atoms in total. The molecule has 0 bridgehead atoms. The SMILES string of the molecule is C=C1Oc2cc(/C=C/CCCCC)cc(O)c2[C@@H]2C=C(C)CC[C@@H]12. The first-order valence-electron chi connectivity index (χ1n) is 9.17. The highest BCUT2D eigenvalue weighted by Gasteiger charge is 2.36. The van der Waals surface area contributed by atoms with Gasteiger partial charge in [-0.2, -0.15) is 0 Å². The van der Waals surface area contributed by atoms with Gasteiger partial charge in [-0.1, -0.05) is 50.1 Å². The maximum absolute atomic E-state index is 10.6. The van der Waals surface area contributed by atoms with Gasteiger partial charge >= 0.3 is 0 Å². The molecule has 0 radical (unpaired) electrons. The highest BCUT2D eigenvalue weighted by atomic mass is 16.5. The second kappa shape index (κ2) is 7.29. The number of fused-ring (bicyclic) bond motifs is 3. The Morgan fingerprint density at radius 2 is 2.17 bits per heavy atom. The third-order valence-corrected chi connectivity index (χ3v) is 5.16. The first-order chi connectivity index (χ1) is 11.6. The van der Waals surface area contributed by atoms with E-state index in [1.54, 1.807) is 0 Å². The minimum absolute atomic E-state index is 0.192. The predicted octanol–water partition coefficient (Wildman–Crippen LogP) is 6.33. The second-order valence-corrected chi connectivity index (χ2v) is 7.10. The van der Waals surface area contributed by atoms with Crippen LogP contribution in [0.2, 0.25) is 0 Å². The number of hydrogen-bond donors (Lipinski definition) is 1. The van der Waals surface area contributed by atoms with Crippen LogP contribution in [0.1, 0.15) is 69.4 Å². The summed E-state index contributed by atoms with van der Waals surface area (Å²) in [7, 11) is 0. The number of benzene rings is 1. The van der Waals surface area contributed by atoms with Gasteiger partial charge in [-0.15, -0.1) is 0 Å². The minimum atomic E-state index is 0.192. The van der Waals surface area contributed by atoms with Gasteiger partial charge in [0.1, 0.15) is 17.3 Å². The van der Waals surface area contributed by atoms with Crippen LogP contribution >= 0.6 is 0 Å². The van der Waals surface area contributed by atoms with Gasteiger partial charge in [0.05, 0.1) is 0 Å². The molecule has 3 rings (SSSR count). The van der Waals surface area contributed by atoms with E-state index in [-0.39, 0.29) is 11.8 Å². The van der Waals surface area contributed by atoms with Crippen molar-refractivity contribution in [3.63, 3.8) is 0 Å². The average Bonchev–Trinajstić information content (AvgIpc) is 2.54. The molecule has 0 saturated heterocycles. The zero-order valence-electron chi connectivity index (χ0n) is 14.8. The van der Waals surface area contributed by atoms with Gasteiger partial charge in [-0.3, -0.25) is 0 Å². The predicted molar refractivity (Wildman–Crippen MR) is 100 cm³/mol. The average molecular weight is 324 g/mol. The lowest BCUT2D eigenvalue weighted by atomic mass is 9.74. The molecule has 0 amide bonds. The number of rotatable bonds is 5. The summed E-state index contributed by atoms with van der Waals surface area (Å²) >= 11 is 0. The highest BCUT2D eigenvalue weighted by Crippen LogP contribution is 2.51. The number of phenols is 1. The standard InChI is InChI=1S/C22H28O2/c1-4-5-6-7-8-9-17-13-20(23)22-19-12-15(2)10-11-18(19)16(3)24-21(22)14-17/h8-9,12-14,18-19,23H,3-7,10-11H2,1-2H3/b9-8+/t18-,19+/m0/s1. The van der Waals surface area contributed by atoms with Crippen LogP contribution in [0.25, 0.3) is 6.08 Å². The highest BCUT2D eigenvalue weighted by molar-refractivity contribution is 5.62. The fourth-order valence-corrected chi connectivity index (χ4v) is 3.81. The number of aromatic hydroxyl groups is 1. The summed E-state index contributed by atoms with van der Waals surface area (Å²) < 4.78 is 5.99. The molecule has 24 heavy (non-hydrogen) atoms. The Hall–Kier alpha value is -1.96. The van der Waals surface area contributed by atoms with Crippen LogP contribution in [-0.4, -0.2) is 5.11 Å². The van der Waals surface area contributed by atoms with Crippen LogP contribution in [0.4, 0.5) is 0 Å². The maximum atomic E-state index is 10.6. The van der Waals surface area contributed by atoms with E-state index in [9.17, 15) is 5.11 Å². The molecular weight excluding hydrogens is 296 g/mol. The van der Waals surface area contributed by atoms with E-state index in [4.69, 9.17) is 4.74 Å². The lowest BCUT2D eigenvalue weighted by Gasteiger charge is -2.36. The fourth-order valence-electron chi connectivity index (χ4n) is 3.81. The molecule has 1 aliphatic heterocycles. The first kappa shape index (κ1) is 16.9. The van der Waals surface area contributed by atoms with Gasteiger partial charge < -0.3 is 9.84 Å². The Bertz CT molecular complexity index is 681. The number of allylic oxidation sites excluding steroid dienone is 4. The van der Waals surface area contributed by atoms with Crippen molar-refractivity contribution < 1.29 is 9.84 Å². The third-order valence-electron chi connectivity index (χ3n) is 5.16. The Balaban J connectivity index is 1.87. The summed E-state index contributed by atoms with van der Waals surface area (Å²) in [6, 6.07) is 3.89. The normalized spacial score (nSPS) is 22.8. The van der Waals surface area contributed by atoms with Gasteiger partial charge in [0, 0.05) is 17.4 Å². The van der Waals surface area contributed by atoms with Crippen molar-refractivity contribution in [3.8, 4) is 11.5 Å². The van der Waals surface area contributed by atoms with Gasteiger partial charge in [-0.25, -0.2) is 0 Å². The van der Waals surface area contributed by atoms with Gasteiger partial charge in [-0.05, 0) is 50.3 Å². The topological polar surface area (TPSA) is 29.5 Å². The number of unbranched alkanes of at least 4 members (excludes halogenated alkanes) is 3. The van der Waals surface area contributed by atoms with Crippen molar-refractivity contribution in [1.29, 1.82) is 0 Å². The zero-order chi connectivity index (χ0) is 17.1. The smallest absolute Gasteiger partial charge is 0.135 e. The van der Waals surface area contributed by atoms with Crippen molar-refractivity contribution in [1.82, 2.24) is 0 Å². The molecular formula is C22H28O2. The van der Waals surface area contributed by atoms with E-state index in [0.29, 0.717) is 5.75 Å². The Labute approximate surface area is 145 Å². The second-order valence-electron chi connectivity index (χ2n) is 7.10. The molecule has 128 valence electrons. The lowest BCUT2D eigenvalue weighted by Crippen LogP contribution is -2.25. The first-order valence-corrected chi connectivity index (χ1v) is 9.17. The summed E-state index contributed by atoms with van der Waals surface area (Å²) in [5.41, 5.74) is 3.30. The monoisotopic (exact) mass is 324 g/mol. The molecule has 1 aromatic rings. The quantitative estimate of drug-likeness (QED) is 0.506. The zero-order valence-corrected chi connectivity index (χ0v) is 14.8. The number of phenolic OH excluding ortho intramolecular Hbond substituents is 1. The minimum Gasteiger partial charge on any atom is -0.507 e. The molecule has 0 fully saturated rings. The molecule has 2 heteroatoms. The fraction of sp³-hybridized carbons (Fsp3) is 0.455. The van der Waals surface area contributed by atoms with E-state index in [1.807, 2.05) is 12.1 Å². The Morgan fingerprint density at radius 1 is 1.33 bits per heavy atom. The van der Waals surface area contributed by atoms with E-state index in [1.165, 1.54) is 24.8 Å². The number of ether oxygens (including phenoxy) is 1. The molecule has 1 heterocycles. The molecule has 0 aromatic heterocycles. The molecule has 0 saturated carbocycles. The molecule has 0 spiro atoms. The maximum Gasteiger partial charge on any atom is 0.135 e. The number of hydrogen-bond acceptors (Lipinski definition) is 2. The summed E-state index contributed by atoms with van der Waals surface area (Å²) in [6.45, 7) is 8.50. The summed E-state index contributed by atoms with van der Waals surface area (Å²) in [5, 5.41) is 10.6. The van der Waals surface area contributed by atoms with Crippen LogP contribution < -0.4 is 4.74 Å². The summed E-state index contributed by atoms with van der Waals surface area (Å²) in [6.07, 6.45) is 13.5. The lowest BCUT2D eigenvalue weighted by molar-refractivity contribution is 0.275. The van der Waals surface area contributed by atoms with Crippen molar-refractivity contribution in [2.24, 2.45) is 5.92 Å². The van der Waals surface area contributed by atoms with Crippen molar-refractivity contribution in [2.75, 3.05) is 0 Å². The van der Waals surface area contributed by atoms with Crippen molar-refractivity contribution >= 4 is 6.08 Å². The molecule has 1 N–H and O–H groups in total. The van der Waals surface area contributed by atoms with Crippen LogP contribution in [-0.2, 0) is 0 Å². The molecule has 1 aliphatic carbocycles. The Kier molecular flexibility index (Phi) is 5.13. The van der Waals surface area contributed by atoms with Crippen molar-refractivity contribution in [3.05, 3.63) is 53.3 Å². The van der Waals surface area contributed by atoms with Gasteiger partial charge in [0.25, 0.3) is 0 Å². The molecule has 2 aliphatic rings. The van der Waals surface area contributed by atoms with Gasteiger partial charge in [0.15, 0.2) is 0 Å². The molecule has 2 atom stereocenters. The Morgan fingerprint density at radius 3 is 2.96 bits per heavy atom. The van der Waals surface area contributed by atoms with E-state index in [0.717, 1.165) is 41.9 Å². The summed E-state index contributed by atoms with van der Waals surface area (Å²) in [5.74, 6) is 2.41.